The van der Waals surface area contributed by atoms with Gasteiger partial charge in [-0.1, -0.05) is 12.1 Å². The van der Waals surface area contributed by atoms with E-state index in [0.717, 1.165) is 0 Å². The molecule has 3 N–H and O–H groups in total. The van der Waals surface area contributed by atoms with Crippen LogP contribution in [0.5, 0.6) is 0 Å². The first kappa shape index (κ1) is 12.7. The van der Waals surface area contributed by atoms with E-state index in [-0.39, 0.29) is 40.6 Å². The standard InChI is InChI=1S/C7H7BO4.Na.H/c9-7(10)5-1-3-6(4-2-5)8(11)12;;/h1-4,11-12H,(H,9,10);;. The van der Waals surface area contributed by atoms with Crippen molar-refractivity contribution in [1.82, 2.24) is 0 Å². The van der Waals surface area contributed by atoms with Crippen molar-refractivity contribution < 1.29 is 19.9 Å². The summed E-state index contributed by atoms with van der Waals surface area (Å²) in [5, 5.41) is 25.8. The fraction of sp³-hybridized carbons (Fsp3) is 0. The molecule has 4 nitrogen and oxygen atoms in total. The number of hydrogen-bond acceptors (Lipinski definition) is 3. The molecule has 0 radical (unpaired) electrons. The van der Waals surface area contributed by atoms with Crippen LogP contribution in [-0.2, 0) is 0 Å². The molecule has 0 saturated carbocycles. The number of carboxylic acid groups (broad SMARTS) is 1. The number of carbonyl (C=O) groups is 1. The Morgan fingerprint density at radius 2 is 1.62 bits per heavy atom. The minimum absolute atomic E-state index is 0. The van der Waals surface area contributed by atoms with E-state index in [4.69, 9.17) is 15.2 Å². The Balaban J connectivity index is 0.00000144. The molecule has 6 heteroatoms. The number of rotatable bonds is 2. The van der Waals surface area contributed by atoms with Crippen molar-refractivity contribution >= 4 is 48.1 Å². The van der Waals surface area contributed by atoms with Gasteiger partial charge in [-0.05, 0) is 17.6 Å². The van der Waals surface area contributed by atoms with Crippen molar-refractivity contribution in [2.75, 3.05) is 0 Å². The van der Waals surface area contributed by atoms with Gasteiger partial charge in [0, 0.05) is 0 Å². The van der Waals surface area contributed by atoms with Gasteiger partial charge in [0.1, 0.15) is 0 Å². The Hall–Kier alpha value is -0.325. The summed E-state index contributed by atoms with van der Waals surface area (Å²) in [6.45, 7) is 0. The molecule has 13 heavy (non-hydrogen) atoms. The molecule has 0 aromatic heterocycles. The second kappa shape index (κ2) is 5.41. The van der Waals surface area contributed by atoms with Gasteiger partial charge in [0.05, 0.1) is 5.56 Å². The van der Waals surface area contributed by atoms with Crippen LogP contribution in [0.15, 0.2) is 24.3 Å². The molecule has 0 atom stereocenters. The van der Waals surface area contributed by atoms with Gasteiger partial charge in [-0.15, -0.1) is 0 Å². The van der Waals surface area contributed by atoms with E-state index in [1.807, 2.05) is 0 Å². The SMILES string of the molecule is O=C(O)c1ccc(B(O)O)cc1.[NaH]. The van der Waals surface area contributed by atoms with Crippen molar-refractivity contribution in [3.63, 3.8) is 0 Å². The predicted molar refractivity (Wildman–Crippen MR) is 50.4 cm³/mol. The van der Waals surface area contributed by atoms with Crippen LogP contribution in [0, 0.1) is 0 Å². The monoisotopic (exact) mass is 190 g/mol. The van der Waals surface area contributed by atoms with Gasteiger partial charge in [-0.3, -0.25) is 0 Å². The molecule has 1 rings (SSSR count). The summed E-state index contributed by atoms with van der Waals surface area (Å²) in [7, 11) is -1.55. The van der Waals surface area contributed by atoms with E-state index < -0.39 is 13.1 Å². The van der Waals surface area contributed by atoms with Crippen LogP contribution in [0.3, 0.4) is 0 Å². The van der Waals surface area contributed by atoms with Gasteiger partial charge in [0.2, 0.25) is 0 Å². The zero-order valence-electron chi connectivity index (χ0n) is 6.14. The van der Waals surface area contributed by atoms with E-state index >= 15 is 0 Å². The summed E-state index contributed by atoms with van der Waals surface area (Å²) in [5.74, 6) is -1.03. The summed E-state index contributed by atoms with van der Waals surface area (Å²) >= 11 is 0. The van der Waals surface area contributed by atoms with Crippen LogP contribution in [0.2, 0.25) is 0 Å². The molecule has 0 aliphatic rings. The zero-order chi connectivity index (χ0) is 9.14. The maximum absolute atomic E-state index is 10.4. The molecular formula is C7H8BNaO4. The molecule has 0 unspecified atom stereocenters. The first-order valence-electron chi connectivity index (χ1n) is 3.30. The van der Waals surface area contributed by atoms with Gasteiger partial charge in [0.15, 0.2) is 0 Å². The van der Waals surface area contributed by atoms with Crippen LogP contribution in [0.4, 0.5) is 0 Å². The Morgan fingerprint density at radius 1 is 1.15 bits per heavy atom. The Kier molecular flexibility index (Phi) is 5.28. The van der Waals surface area contributed by atoms with E-state index in [1.54, 1.807) is 0 Å². The van der Waals surface area contributed by atoms with Crippen LogP contribution >= 0.6 is 0 Å². The molecule has 1 aromatic rings. The first-order chi connectivity index (χ1) is 5.61. The van der Waals surface area contributed by atoms with Gasteiger partial charge in [-0.2, -0.15) is 0 Å². The van der Waals surface area contributed by atoms with Crippen LogP contribution < -0.4 is 5.46 Å². The van der Waals surface area contributed by atoms with Crippen molar-refractivity contribution in [2.24, 2.45) is 0 Å². The molecule has 0 aliphatic carbocycles. The van der Waals surface area contributed by atoms with Crippen molar-refractivity contribution in [2.45, 2.75) is 0 Å². The molecule has 1 aromatic carbocycles. The Labute approximate surface area is 97.6 Å². The molecule has 0 spiro atoms. The van der Waals surface area contributed by atoms with E-state index in [0.29, 0.717) is 0 Å². The number of carboxylic acids is 1. The summed E-state index contributed by atoms with van der Waals surface area (Å²) in [6, 6.07) is 5.34. The van der Waals surface area contributed by atoms with Gasteiger partial charge in [0.25, 0.3) is 0 Å². The average Bonchev–Trinajstić information content (AvgIpc) is 2.04. The minimum atomic E-state index is -1.55. The normalized spacial score (nSPS) is 8.77. The second-order valence-corrected chi connectivity index (χ2v) is 2.30. The molecule has 0 fully saturated rings. The Bertz CT molecular complexity index is 285. The summed E-state index contributed by atoms with van der Waals surface area (Å²) in [6.07, 6.45) is 0. The third kappa shape index (κ3) is 3.50. The van der Waals surface area contributed by atoms with E-state index in [9.17, 15) is 4.79 Å². The first-order valence-corrected chi connectivity index (χ1v) is 3.30. The number of benzene rings is 1. The van der Waals surface area contributed by atoms with Gasteiger partial charge >= 0.3 is 42.6 Å². The van der Waals surface area contributed by atoms with Crippen LogP contribution in [0.1, 0.15) is 10.4 Å². The van der Waals surface area contributed by atoms with Crippen molar-refractivity contribution in [3.05, 3.63) is 29.8 Å². The van der Waals surface area contributed by atoms with Crippen molar-refractivity contribution in [3.8, 4) is 0 Å². The predicted octanol–water partition coefficient (Wildman–Crippen LogP) is -1.58. The molecule has 0 bridgehead atoms. The summed E-state index contributed by atoms with van der Waals surface area (Å²) in [5.41, 5.74) is 0.402. The number of aromatic carboxylic acids is 1. The molecule has 0 heterocycles. The van der Waals surface area contributed by atoms with Gasteiger partial charge in [-0.25, -0.2) is 4.79 Å². The zero-order valence-corrected chi connectivity index (χ0v) is 6.14. The molecule has 0 amide bonds. The maximum atomic E-state index is 10.4. The molecular weight excluding hydrogens is 182 g/mol. The van der Waals surface area contributed by atoms with Gasteiger partial charge < -0.3 is 15.2 Å². The van der Waals surface area contributed by atoms with E-state index in [1.165, 1.54) is 24.3 Å². The average molecular weight is 190 g/mol. The molecule has 0 aliphatic heterocycles. The molecule has 0 saturated heterocycles. The third-order valence-corrected chi connectivity index (χ3v) is 1.46. The van der Waals surface area contributed by atoms with Crippen LogP contribution in [0.25, 0.3) is 0 Å². The fourth-order valence-electron chi connectivity index (χ4n) is 0.798. The summed E-state index contributed by atoms with van der Waals surface area (Å²) in [4.78, 5) is 10.4. The quantitative estimate of drug-likeness (QED) is 0.491. The van der Waals surface area contributed by atoms with Crippen molar-refractivity contribution in [1.29, 1.82) is 0 Å². The Morgan fingerprint density at radius 3 is 1.92 bits per heavy atom. The van der Waals surface area contributed by atoms with E-state index in [2.05, 4.69) is 0 Å². The summed E-state index contributed by atoms with van der Waals surface area (Å²) < 4.78 is 0. The number of hydrogen-bond donors (Lipinski definition) is 3. The molecule has 64 valence electrons. The second-order valence-electron chi connectivity index (χ2n) is 2.30. The topological polar surface area (TPSA) is 77.8 Å². The van der Waals surface area contributed by atoms with Crippen LogP contribution in [-0.4, -0.2) is 57.8 Å². The fourth-order valence-corrected chi connectivity index (χ4v) is 0.798. The third-order valence-electron chi connectivity index (χ3n) is 1.46.